The van der Waals surface area contributed by atoms with Crippen molar-refractivity contribution in [2.24, 2.45) is 0 Å². The topological polar surface area (TPSA) is 50.9 Å². The Bertz CT molecular complexity index is 724. The fourth-order valence-electron chi connectivity index (χ4n) is 2.34. The van der Waals surface area contributed by atoms with Crippen LogP contribution in [0, 0.1) is 0 Å². The highest BCUT2D eigenvalue weighted by Crippen LogP contribution is 2.25. The van der Waals surface area contributed by atoms with Gasteiger partial charge in [0.25, 0.3) is 0 Å². The molecule has 0 aliphatic heterocycles. The van der Waals surface area contributed by atoms with Crippen molar-refractivity contribution in [2.75, 3.05) is 0 Å². The Kier molecular flexibility index (Phi) is 4.12. The van der Waals surface area contributed by atoms with Gasteiger partial charge in [0.15, 0.2) is 0 Å². The van der Waals surface area contributed by atoms with Crippen molar-refractivity contribution in [3.05, 3.63) is 90.8 Å². The number of hydrogen-bond donors (Lipinski definition) is 1. The lowest BCUT2D eigenvalue weighted by Crippen LogP contribution is -2.28. The molecule has 4 nitrogen and oxygen atoms in total. The van der Waals surface area contributed by atoms with Gasteiger partial charge in [0.05, 0.1) is 12.9 Å². The molecular weight excluding hydrogens is 274 g/mol. The molecule has 2 heterocycles. The van der Waals surface area contributed by atoms with E-state index in [1.807, 2.05) is 65.4 Å². The first-order valence-corrected chi connectivity index (χ1v) is 7.09. The van der Waals surface area contributed by atoms with Crippen LogP contribution in [0.25, 0.3) is 6.08 Å². The Balaban J connectivity index is 1.94. The van der Waals surface area contributed by atoms with Crippen LogP contribution in [0.3, 0.4) is 0 Å². The lowest BCUT2D eigenvalue weighted by molar-refractivity contribution is 0.0703. The zero-order valence-electron chi connectivity index (χ0n) is 12.1. The maximum Gasteiger partial charge on any atom is 0.126 e. The van der Waals surface area contributed by atoms with E-state index >= 15 is 0 Å². The smallest absolute Gasteiger partial charge is 0.126 e. The summed E-state index contributed by atoms with van der Waals surface area (Å²) in [4.78, 5) is 8.05. The highest BCUT2D eigenvalue weighted by molar-refractivity contribution is 5.51. The number of aromatic nitrogens is 3. The lowest BCUT2D eigenvalue weighted by atomic mass is 9.93. The molecule has 3 aromatic rings. The van der Waals surface area contributed by atoms with Gasteiger partial charge in [-0.15, -0.1) is 0 Å². The number of pyridine rings is 1. The molecule has 0 saturated heterocycles. The van der Waals surface area contributed by atoms with Crippen LogP contribution in [0.2, 0.25) is 0 Å². The van der Waals surface area contributed by atoms with E-state index in [2.05, 4.69) is 9.97 Å². The molecule has 1 N–H and O–H groups in total. The highest BCUT2D eigenvalue weighted by Gasteiger charge is 2.26. The van der Waals surface area contributed by atoms with Crippen molar-refractivity contribution >= 4 is 6.08 Å². The van der Waals surface area contributed by atoms with E-state index in [4.69, 9.17) is 0 Å². The zero-order valence-corrected chi connectivity index (χ0v) is 12.1. The summed E-state index contributed by atoms with van der Waals surface area (Å²) in [5.74, 6) is 0. The van der Waals surface area contributed by atoms with Crippen LogP contribution in [0.15, 0.2) is 79.7 Å². The molecule has 0 bridgehead atoms. The molecule has 0 spiro atoms. The summed E-state index contributed by atoms with van der Waals surface area (Å²) < 4.78 is 1.86. The summed E-state index contributed by atoms with van der Waals surface area (Å²) in [7, 11) is 0. The second kappa shape index (κ2) is 6.37. The van der Waals surface area contributed by atoms with Crippen LogP contribution >= 0.6 is 0 Å². The average molecular weight is 291 g/mol. The standard InChI is InChI=1S/C18H17N3O/c22-18(14-21-13-12-20-15-21,17-7-10-19-11-8-17)9-6-16-4-2-1-3-5-16/h1-13,15,22H,14H2/b9-6+/t18-/m1/s1. The Labute approximate surface area is 129 Å². The van der Waals surface area contributed by atoms with Crippen LogP contribution in [0.5, 0.6) is 0 Å². The highest BCUT2D eigenvalue weighted by atomic mass is 16.3. The number of imidazole rings is 1. The SMILES string of the molecule is O[C@](/C=C/c1ccccc1)(Cn1ccnc1)c1ccncc1. The molecule has 0 unspecified atom stereocenters. The van der Waals surface area contributed by atoms with Crippen molar-refractivity contribution < 1.29 is 5.11 Å². The van der Waals surface area contributed by atoms with Gasteiger partial charge in [0.2, 0.25) is 0 Å². The Morgan fingerprint density at radius 3 is 2.45 bits per heavy atom. The molecule has 1 atom stereocenters. The summed E-state index contributed by atoms with van der Waals surface area (Å²) in [5, 5.41) is 11.2. The van der Waals surface area contributed by atoms with Gasteiger partial charge in [0, 0.05) is 24.8 Å². The first-order chi connectivity index (χ1) is 10.8. The molecule has 2 aromatic heterocycles. The number of benzene rings is 1. The molecule has 110 valence electrons. The number of nitrogens with zero attached hydrogens (tertiary/aromatic N) is 3. The van der Waals surface area contributed by atoms with E-state index in [1.54, 1.807) is 24.9 Å². The fraction of sp³-hybridized carbons (Fsp3) is 0.111. The van der Waals surface area contributed by atoms with Gasteiger partial charge in [-0.3, -0.25) is 4.98 Å². The molecule has 1 aromatic carbocycles. The second-order valence-corrected chi connectivity index (χ2v) is 5.14. The first-order valence-electron chi connectivity index (χ1n) is 7.09. The van der Waals surface area contributed by atoms with Crippen molar-refractivity contribution in [2.45, 2.75) is 12.1 Å². The van der Waals surface area contributed by atoms with E-state index in [0.29, 0.717) is 6.54 Å². The summed E-state index contributed by atoms with van der Waals surface area (Å²) in [6.45, 7) is 0.389. The van der Waals surface area contributed by atoms with Gasteiger partial charge in [-0.2, -0.15) is 0 Å². The third-order valence-corrected chi connectivity index (χ3v) is 3.51. The van der Waals surface area contributed by atoms with Gasteiger partial charge < -0.3 is 9.67 Å². The predicted molar refractivity (Wildman–Crippen MR) is 85.8 cm³/mol. The van der Waals surface area contributed by atoms with Crippen LogP contribution in [-0.4, -0.2) is 19.6 Å². The lowest BCUT2D eigenvalue weighted by Gasteiger charge is -2.25. The van der Waals surface area contributed by atoms with Crippen LogP contribution in [-0.2, 0) is 12.1 Å². The van der Waals surface area contributed by atoms with E-state index in [1.165, 1.54) is 0 Å². The van der Waals surface area contributed by atoms with Crippen molar-refractivity contribution in [1.29, 1.82) is 0 Å². The van der Waals surface area contributed by atoms with Crippen molar-refractivity contribution in [1.82, 2.24) is 14.5 Å². The third-order valence-electron chi connectivity index (χ3n) is 3.51. The molecule has 0 aliphatic rings. The van der Waals surface area contributed by atoms with E-state index in [9.17, 15) is 5.11 Å². The van der Waals surface area contributed by atoms with Gasteiger partial charge in [-0.1, -0.05) is 36.4 Å². The Hall–Kier alpha value is -2.72. The molecule has 22 heavy (non-hydrogen) atoms. The number of hydrogen-bond acceptors (Lipinski definition) is 3. The monoisotopic (exact) mass is 291 g/mol. The largest absolute Gasteiger partial charge is 0.379 e. The molecule has 4 heteroatoms. The average Bonchev–Trinajstić information content (AvgIpc) is 3.08. The predicted octanol–water partition coefficient (Wildman–Crippen LogP) is 2.88. The summed E-state index contributed by atoms with van der Waals surface area (Å²) in [6.07, 6.45) is 12.4. The third kappa shape index (κ3) is 3.30. The molecular formula is C18H17N3O. The maximum absolute atomic E-state index is 11.2. The van der Waals surface area contributed by atoms with E-state index in [-0.39, 0.29) is 0 Å². The van der Waals surface area contributed by atoms with Crippen LogP contribution in [0.1, 0.15) is 11.1 Å². The van der Waals surface area contributed by atoms with Gasteiger partial charge in [0.1, 0.15) is 5.60 Å². The zero-order chi connectivity index (χ0) is 15.3. The molecule has 0 aliphatic carbocycles. The molecule has 0 saturated carbocycles. The van der Waals surface area contributed by atoms with Crippen molar-refractivity contribution in [3.63, 3.8) is 0 Å². The van der Waals surface area contributed by atoms with E-state index in [0.717, 1.165) is 11.1 Å². The minimum absolute atomic E-state index is 0.389. The van der Waals surface area contributed by atoms with Crippen LogP contribution < -0.4 is 0 Å². The Morgan fingerprint density at radius 2 is 1.77 bits per heavy atom. The van der Waals surface area contributed by atoms with Gasteiger partial charge in [-0.25, -0.2) is 4.98 Å². The molecule has 3 rings (SSSR count). The van der Waals surface area contributed by atoms with Gasteiger partial charge >= 0.3 is 0 Å². The number of rotatable bonds is 5. The minimum Gasteiger partial charge on any atom is -0.379 e. The molecule has 0 fully saturated rings. The second-order valence-electron chi connectivity index (χ2n) is 5.14. The number of aliphatic hydroxyl groups is 1. The minimum atomic E-state index is -1.13. The van der Waals surface area contributed by atoms with E-state index < -0.39 is 5.60 Å². The summed E-state index contributed by atoms with van der Waals surface area (Å²) in [5.41, 5.74) is 0.712. The molecule has 0 amide bonds. The van der Waals surface area contributed by atoms with Crippen molar-refractivity contribution in [3.8, 4) is 0 Å². The molecule has 0 radical (unpaired) electrons. The first kappa shape index (κ1) is 14.2. The quantitative estimate of drug-likeness (QED) is 0.786. The summed E-state index contributed by atoms with van der Waals surface area (Å²) in [6, 6.07) is 13.6. The normalized spacial score (nSPS) is 14.0. The Morgan fingerprint density at radius 1 is 1.00 bits per heavy atom. The summed E-state index contributed by atoms with van der Waals surface area (Å²) >= 11 is 0. The fourth-order valence-corrected chi connectivity index (χ4v) is 2.34. The maximum atomic E-state index is 11.2. The van der Waals surface area contributed by atoms with Gasteiger partial charge in [-0.05, 0) is 29.3 Å². The van der Waals surface area contributed by atoms with Crippen LogP contribution in [0.4, 0.5) is 0 Å².